The monoisotopic (exact) mass is 300 g/mol. The number of amides is 1. The molecule has 0 spiro atoms. The minimum absolute atomic E-state index is 0.216. The minimum Gasteiger partial charge on any atom is -0.342 e. The maximum Gasteiger partial charge on any atom is 0.226 e. The van der Waals surface area contributed by atoms with Crippen LogP contribution in [0.1, 0.15) is 43.6 Å². The number of piperidine rings is 1. The molecule has 1 aromatic rings. The largest absolute Gasteiger partial charge is 0.342 e. The summed E-state index contributed by atoms with van der Waals surface area (Å²) in [4.78, 5) is 17.4. The fourth-order valence-corrected chi connectivity index (χ4v) is 3.97. The lowest BCUT2D eigenvalue weighted by Crippen LogP contribution is -2.44. The van der Waals surface area contributed by atoms with E-state index in [0.717, 1.165) is 45.4 Å². The van der Waals surface area contributed by atoms with E-state index in [4.69, 9.17) is 0 Å². The Balaban J connectivity index is 1.68. The van der Waals surface area contributed by atoms with Crippen LogP contribution in [0.15, 0.2) is 30.3 Å². The van der Waals surface area contributed by atoms with Gasteiger partial charge in [0.05, 0.1) is 5.92 Å². The van der Waals surface area contributed by atoms with Crippen molar-refractivity contribution in [2.45, 2.75) is 38.0 Å². The van der Waals surface area contributed by atoms with Crippen LogP contribution in [0.4, 0.5) is 0 Å². The van der Waals surface area contributed by atoms with Crippen LogP contribution in [0.5, 0.6) is 0 Å². The van der Waals surface area contributed by atoms with Crippen molar-refractivity contribution >= 4 is 5.91 Å². The van der Waals surface area contributed by atoms with Gasteiger partial charge in [-0.15, -0.1) is 0 Å². The molecular formula is C19H28N2O. The molecule has 2 saturated heterocycles. The number of hydrogen-bond donors (Lipinski definition) is 0. The van der Waals surface area contributed by atoms with Crippen molar-refractivity contribution < 1.29 is 4.79 Å². The summed E-state index contributed by atoms with van der Waals surface area (Å²) in [5.74, 6) is 1.12. The van der Waals surface area contributed by atoms with E-state index in [1.54, 1.807) is 0 Å². The van der Waals surface area contributed by atoms with Gasteiger partial charge in [-0.25, -0.2) is 0 Å². The van der Waals surface area contributed by atoms with E-state index in [0.29, 0.717) is 11.8 Å². The lowest BCUT2D eigenvalue weighted by atomic mass is 9.93. The van der Waals surface area contributed by atoms with Crippen molar-refractivity contribution in [1.82, 2.24) is 9.80 Å². The fraction of sp³-hybridized carbons (Fsp3) is 0.632. The summed E-state index contributed by atoms with van der Waals surface area (Å²) in [7, 11) is 2.13. The Kier molecular flexibility index (Phi) is 5.14. The Bertz CT molecular complexity index is 487. The third-order valence-electron chi connectivity index (χ3n) is 5.23. The quantitative estimate of drug-likeness (QED) is 0.838. The van der Waals surface area contributed by atoms with E-state index in [2.05, 4.69) is 47.2 Å². The molecule has 1 aromatic carbocycles. The molecule has 2 atom stereocenters. The van der Waals surface area contributed by atoms with Crippen molar-refractivity contribution in [3.63, 3.8) is 0 Å². The highest BCUT2D eigenvalue weighted by atomic mass is 16.2. The average molecular weight is 300 g/mol. The van der Waals surface area contributed by atoms with E-state index in [9.17, 15) is 4.79 Å². The highest BCUT2D eigenvalue weighted by Crippen LogP contribution is 2.28. The molecule has 2 unspecified atom stereocenters. The highest BCUT2D eigenvalue weighted by Gasteiger charge is 2.30. The molecule has 2 heterocycles. The first-order valence-corrected chi connectivity index (χ1v) is 8.76. The topological polar surface area (TPSA) is 23.6 Å². The van der Waals surface area contributed by atoms with Gasteiger partial charge in [0.25, 0.3) is 0 Å². The first kappa shape index (κ1) is 15.5. The smallest absolute Gasteiger partial charge is 0.226 e. The zero-order valence-corrected chi connectivity index (χ0v) is 13.7. The van der Waals surface area contributed by atoms with Gasteiger partial charge in [0.1, 0.15) is 0 Å². The Labute approximate surface area is 134 Å². The molecule has 0 N–H and O–H groups in total. The Hall–Kier alpha value is -1.35. The normalized spacial score (nSPS) is 27.4. The molecule has 120 valence electrons. The van der Waals surface area contributed by atoms with Gasteiger partial charge in [-0.1, -0.05) is 36.8 Å². The molecule has 3 rings (SSSR count). The van der Waals surface area contributed by atoms with Crippen LogP contribution in [0.25, 0.3) is 0 Å². The zero-order chi connectivity index (χ0) is 15.4. The van der Waals surface area contributed by atoms with Crippen LogP contribution < -0.4 is 0 Å². The van der Waals surface area contributed by atoms with Gasteiger partial charge in [-0.05, 0) is 44.8 Å². The Morgan fingerprint density at radius 3 is 2.59 bits per heavy atom. The minimum atomic E-state index is 0.216. The molecule has 3 nitrogen and oxygen atoms in total. The van der Waals surface area contributed by atoms with Crippen molar-refractivity contribution in [3.05, 3.63) is 35.9 Å². The van der Waals surface area contributed by atoms with Crippen molar-refractivity contribution in [1.29, 1.82) is 0 Å². The van der Waals surface area contributed by atoms with Crippen LogP contribution >= 0.6 is 0 Å². The van der Waals surface area contributed by atoms with Crippen LogP contribution in [-0.4, -0.2) is 48.9 Å². The first-order chi connectivity index (χ1) is 10.7. The van der Waals surface area contributed by atoms with E-state index in [-0.39, 0.29) is 5.92 Å². The molecule has 0 aromatic heterocycles. The maximum absolute atomic E-state index is 12.9. The molecule has 0 aliphatic carbocycles. The Morgan fingerprint density at radius 1 is 1.00 bits per heavy atom. The zero-order valence-electron chi connectivity index (χ0n) is 13.7. The van der Waals surface area contributed by atoms with Gasteiger partial charge in [-0.3, -0.25) is 4.79 Å². The van der Waals surface area contributed by atoms with Crippen LogP contribution in [0.3, 0.4) is 0 Å². The molecule has 22 heavy (non-hydrogen) atoms. The summed E-state index contributed by atoms with van der Waals surface area (Å²) < 4.78 is 0. The van der Waals surface area contributed by atoms with Gasteiger partial charge < -0.3 is 9.80 Å². The van der Waals surface area contributed by atoms with E-state index < -0.39 is 0 Å². The predicted octanol–water partition coefficient (Wildman–Crippen LogP) is 3.12. The molecule has 2 aliphatic rings. The van der Waals surface area contributed by atoms with Crippen molar-refractivity contribution in [2.24, 2.45) is 5.92 Å². The molecule has 2 aliphatic heterocycles. The first-order valence-electron chi connectivity index (χ1n) is 8.76. The molecule has 0 radical (unpaired) electrons. The van der Waals surface area contributed by atoms with Crippen LogP contribution in [-0.2, 0) is 4.79 Å². The van der Waals surface area contributed by atoms with Gasteiger partial charge in [-0.2, -0.15) is 0 Å². The molecular weight excluding hydrogens is 272 g/mol. The van der Waals surface area contributed by atoms with Gasteiger partial charge in [0.15, 0.2) is 0 Å². The van der Waals surface area contributed by atoms with E-state index in [1.807, 2.05) is 0 Å². The Morgan fingerprint density at radius 2 is 1.82 bits per heavy atom. The number of carbonyl (C=O) groups excluding carboxylic acids is 1. The standard InChI is InChI=1S/C19H28N2O/c1-20-12-7-11-18(14-20)19(22)21-13-6-5-10-17(15-21)16-8-3-2-4-9-16/h2-4,8-9,17-18H,5-7,10-15H2,1H3. The van der Waals surface area contributed by atoms with Gasteiger partial charge >= 0.3 is 0 Å². The number of hydrogen-bond acceptors (Lipinski definition) is 2. The SMILES string of the molecule is CN1CCCC(C(=O)N2CCCCC(c3ccccc3)C2)C1. The second-order valence-electron chi connectivity index (χ2n) is 6.99. The third kappa shape index (κ3) is 3.70. The number of rotatable bonds is 2. The number of benzene rings is 1. The van der Waals surface area contributed by atoms with Crippen LogP contribution in [0, 0.1) is 5.92 Å². The van der Waals surface area contributed by atoms with E-state index in [1.165, 1.54) is 18.4 Å². The highest BCUT2D eigenvalue weighted by molar-refractivity contribution is 5.79. The maximum atomic E-state index is 12.9. The summed E-state index contributed by atoms with van der Waals surface area (Å²) in [5, 5.41) is 0. The summed E-state index contributed by atoms with van der Waals surface area (Å²) >= 11 is 0. The fourth-order valence-electron chi connectivity index (χ4n) is 3.97. The van der Waals surface area contributed by atoms with Gasteiger partial charge in [0.2, 0.25) is 5.91 Å². The van der Waals surface area contributed by atoms with Crippen molar-refractivity contribution in [3.8, 4) is 0 Å². The second-order valence-corrected chi connectivity index (χ2v) is 6.99. The van der Waals surface area contributed by atoms with Gasteiger partial charge in [0, 0.05) is 25.6 Å². The lowest BCUT2D eigenvalue weighted by molar-refractivity contribution is -0.137. The summed E-state index contributed by atoms with van der Waals surface area (Å²) in [6.07, 6.45) is 5.81. The lowest BCUT2D eigenvalue weighted by Gasteiger charge is -2.33. The number of likely N-dealkylation sites (tertiary alicyclic amines) is 2. The molecule has 2 fully saturated rings. The van der Waals surface area contributed by atoms with E-state index >= 15 is 0 Å². The molecule has 1 amide bonds. The van der Waals surface area contributed by atoms with Crippen molar-refractivity contribution in [2.75, 3.05) is 33.2 Å². The molecule has 3 heteroatoms. The average Bonchev–Trinajstić information content (AvgIpc) is 2.81. The predicted molar refractivity (Wildman–Crippen MR) is 89.8 cm³/mol. The number of nitrogens with zero attached hydrogens (tertiary/aromatic N) is 2. The number of carbonyl (C=O) groups is 1. The summed E-state index contributed by atoms with van der Waals surface area (Å²) in [6, 6.07) is 10.7. The summed E-state index contributed by atoms with van der Waals surface area (Å²) in [6.45, 7) is 3.92. The van der Waals surface area contributed by atoms with Crippen LogP contribution in [0.2, 0.25) is 0 Å². The molecule has 0 bridgehead atoms. The summed E-state index contributed by atoms with van der Waals surface area (Å²) in [5.41, 5.74) is 1.39. The second kappa shape index (κ2) is 7.28. The molecule has 0 saturated carbocycles. The third-order valence-corrected chi connectivity index (χ3v) is 5.23.